The second-order valence-corrected chi connectivity index (χ2v) is 8.79. The van der Waals surface area contributed by atoms with E-state index in [9.17, 15) is 9.59 Å². The molecule has 0 aliphatic carbocycles. The number of amides is 1. The van der Waals surface area contributed by atoms with E-state index in [0.29, 0.717) is 44.2 Å². The number of rotatable bonds is 5. The zero-order valence-corrected chi connectivity index (χ0v) is 19.6. The molecule has 1 atom stereocenters. The van der Waals surface area contributed by atoms with Crippen LogP contribution < -0.4 is 19.9 Å². The molecular weight excluding hydrogens is 471 g/mol. The molecule has 10 heteroatoms. The van der Waals surface area contributed by atoms with E-state index in [1.54, 1.807) is 47.4 Å². The first-order valence-electron chi connectivity index (χ1n) is 9.59. The zero-order valence-electron chi connectivity index (χ0n) is 17.3. The third-order valence-corrected chi connectivity index (χ3v) is 6.31. The van der Waals surface area contributed by atoms with E-state index in [2.05, 4.69) is 16.7 Å². The number of aromatic nitrogens is 3. The van der Waals surface area contributed by atoms with Crippen LogP contribution in [0, 0.1) is 0 Å². The molecule has 2 aromatic carbocycles. The number of carbonyl (C=O) groups excluding carboxylic acids is 1. The first kappa shape index (κ1) is 22.4. The summed E-state index contributed by atoms with van der Waals surface area (Å²) in [6, 6.07) is 10.4. The number of hydrogen-bond acceptors (Lipinski definition) is 5. The van der Waals surface area contributed by atoms with Crippen LogP contribution >= 0.6 is 35.0 Å². The summed E-state index contributed by atoms with van der Waals surface area (Å²) < 4.78 is 7.09. The van der Waals surface area contributed by atoms with Crippen LogP contribution in [0.15, 0.2) is 59.0 Å². The highest BCUT2D eigenvalue weighted by Crippen LogP contribution is 2.42. The topological polar surface area (TPSA) is 79.2 Å². The second kappa shape index (κ2) is 8.97. The number of thioether (sulfide) groups is 1. The van der Waals surface area contributed by atoms with E-state index >= 15 is 0 Å². The predicted molar refractivity (Wildman–Crippen MR) is 126 cm³/mol. The van der Waals surface area contributed by atoms with Gasteiger partial charge in [0, 0.05) is 22.8 Å². The number of anilines is 1. The predicted octanol–water partition coefficient (Wildman–Crippen LogP) is 4.23. The number of nitrogens with one attached hydrogen (secondary N) is 1. The maximum Gasteiger partial charge on any atom is 0.325 e. The number of nitrogens with zero attached hydrogens (tertiary/aromatic N) is 3. The molecule has 0 radical (unpaired) electrons. The number of fused-ring (bicyclic) bond motifs is 3. The fourth-order valence-electron chi connectivity index (χ4n) is 3.78. The summed E-state index contributed by atoms with van der Waals surface area (Å²) in [4.78, 5) is 30.5. The lowest BCUT2D eigenvalue weighted by molar-refractivity contribution is -0.763. The van der Waals surface area contributed by atoms with Crippen molar-refractivity contribution in [2.75, 3.05) is 17.8 Å². The lowest BCUT2D eigenvalue weighted by Crippen LogP contribution is -2.60. The van der Waals surface area contributed by atoms with Gasteiger partial charge < -0.3 is 4.74 Å². The van der Waals surface area contributed by atoms with Crippen LogP contribution in [0.25, 0.3) is 11.3 Å². The minimum absolute atomic E-state index is 0.249. The van der Waals surface area contributed by atoms with Gasteiger partial charge in [-0.3, -0.25) is 14.6 Å². The molecule has 7 nitrogen and oxygen atoms in total. The van der Waals surface area contributed by atoms with E-state index in [0.717, 1.165) is 0 Å². The molecule has 0 bridgehead atoms. The maximum absolute atomic E-state index is 13.2. The van der Waals surface area contributed by atoms with E-state index in [1.165, 1.54) is 30.5 Å². The first-order valence-corrected chi connectivity index (χ1v) is 11.3. The molecule has 1 aromatic heterocycles. The minimum atomic E-state index is -0.853. The van der Waals surface area contributed by atoms with Crippen molar-refractivity contribution in [1.82, 2.24) is 10.1 Å². The molecule has 0 spiro atoms. The van der Waals surface area contributed by atoms with Gasteiger partial charge in [-0.1, -0.05) is 53.2 Å². The fraction of sp³-hybridized carbons (Fsp3) is 0.182. The Bertz CT molecular complexity index is 1290. The smallest absolute Gasteiger partial charge is 0.325 e. The molecule has 3 aromatic rings. The van der Waals surface area contributed by atoms with Gasteiger partial charge >= 0.3 is 11.3 Å². The standard InChI is InChI=1S/C22H18Cl2N4O3S/c1-4-9-32-22-25-20(30)18-14-7-5-6-8-17(14)27(12(2)29)21(28(18)26-22)15-10-13(23)11-16(24)19(15)31-3/h4-8,10-11,21H,1,9H2,2-3H3/p+1/t21-/m0/s1. The van der Waals surface area contributed by atoms with Crippen LogP contribution in [0.3, 0.4) is 0 Å². The molecule has 4 rings (SSSR count). The average Bonchev–Trinajstić information content (AvgIpc) is 2.75. The Balaban J connectivity index is 2.10. The summed E-state index contributed by atoms with van der Waals surface area (Å²) in [6.07, 6.45) is 0.859. The van der Waals surface area contributed by atoms with Crippen molar-refractivity contribution in [3.8, 4) is 17.0 Å². The van der Waals surface area contributed by atoms with E-state index in [-0.39, 0.29) is 16.5 Å². The number of hydrogen-bond donors (Lipinski definition) is 1. The lowest BCUT2D eigenvalue weighted by atomic mass is 10.0. The minimum Gasteiger partial charge on any atom is -0.495 e. The maximum atomic E-state index is 13.2. The van der Waals surface area contributed by atoms with Crippen molar-refractivity contribution in [1.29, 1.82) is 0 Å². The van der Waals surface area contributed by atoms with Crippen molar-refractivity contribution >= 4 is 46.6 Å². The summed E-state index contributed by atoms with van der Waals surface area (Å²) in [6.45, 7) is 5.16. The Labute approximate surface area is 198 Å². The largest absolute Gasteiger partial charge is 0.495 e. The van der Waals surface area contributed by atoms with Gasteiger partial charge in [0.1, 0.15) is 5.75 Å². The fourth-order valence-corrected chi connectivity index (χ4v) is 4.96. The summed E-state index contributed by atoms with van der Waals surface area (Å²) in [7, 11) is 1.48. The molecule has 1 amide bonds. The number of para-hydroxylation sites is 1. The van der Waals surface area contributed by atoms with Crippen molar-refractivity contribution in [3.63, 3.8) is 0 Å². The van der Waals surface area contributed by atoms with Gasteiger partial charge in [-0.2, -0.15) is 0 Å². The molecule has 2 heterocycles. The van der Waals surface area contributed by atoms with E-state index in [4.69, 9.17) is 27.9 Å². The lowest BCUT2D eigenvalue weighted by Gasteiger charge is -2.32. The molecule has 1 aliphatic heterocycles. The van der Waals surface area contributed by atoms with Crippen LogP contribution in [0.5, 0.6) is 5.75 Å². The normalized spacial score (nSPS) is 14.5. The molecule has 0 saturated heterocycles. The second-order valence-electron chi connectivity index (χ2n) is 6.94. The highest BCUT2D eigenvalue weighted by Gasteiger charge is 2.46. The Morgan fingerprint density at radius 2 is 2.12 bits per heavy atom. The molecular formula is C22H19Cl2N4O3S+. The number of H-pyrrole nitrogens is 1. The summed E-state index contributed by atoms with van der Waals surface area (Å²) >= 11 is 14.1. The monoisotopic (exact) mass is 489 g/mol. The van der Waals surface area contributed by atoms with Crippen molar-refractivity contribution in [3.05, 3.63) is 75.0 Å². The quantitative estimate of drug-likeness (QED) is 0.329. The van der Waals surface area contributed by atoms with Crippen molar-refractivity contribution in [2.45, 2.75) is 18.2 Å². The van der Waals surface area contributed by atoms with Crippen LogP contribution in [-0.4, -0.2) is 28.9 Å². The van der Waals surface area contributed by atoms with Gasteiger partial charge in [0.25, 0.3) is 6.17 Å². The van der Waals surface area contributed by atoms with E-state index < -0.39 is 6.17 Å². The molecule has 0 unspecified atom stereocenters. The van der Waals surface area contributed by atoms with Gasteiger partial charge in [-0.05, 0) is 28.9 Å². The van der Waals surface area contributed by atoms with Gasteiger partial charge in [-0.25, -0.2) is 4.90 Å². The Morgan fingerprint density at radius 3 is 2.81 bits per heavy atom. The highest BCUT2D eigenvalue weighted by molar-refractivity contribution is 7.99. The number of carbonyl (C=O) groups is 1. The third kappa shape index (κ3) is 3.79. The van der Waals surface area contributed by atoms with Gasteiger partial charge in [-0.15, -0.1) is 6.58 Å². The SMILES string of the molecule is C=CCSc1n[n+]2c(c(=O)[nH]1)-c1ccccc1N(C(C)=O)[C@@H]2c1cc(Cl)cc(Cl)c1OC. The third-order valence-electron chi connectivity index (χ3n) is 4.95. The summed E-state index contributed by atoms with van der Waals surface area (Å²) in [5.74, 6) is 0.639. The first-order chi connectivity index (χ1) is 15.4. The van der Waals surface area contributed by atoms with E-state index in [1.807, 2.05) is 0 Å². The Kier molecular flexibility index (Phi) is 6.28. The van der Waals surface area contributed by atoms with Gasteiger partial charge in [0.2, 0.25) is 11.1 Å². The van der Waals surface area contributed by atoms with Crippen molar-refractivity contribution < 1.29 is 14.2 Å². The van der Waals surface area contributed by atoms with Crippen LogP contribution in [0.1, 0.15) is 18.7 Å². The molecule has 1 N–H and O–H groups in total. The number of methoxy groups -OCH3 is 1. The molecule has 32 heavy (non-hydrogen) atoms. The molecule has 1 aliphatic rings. The Hall–Kier alpha value is -2.81. The van der Waals surface area contributed by atoms with Crippen LogP contribution in [0.4, 0.5) is 5.69 Å². The Morgan fingerprint density at radius 1 is 1.38 bits per heavy atom. The van der Waals surface area contributed by atoms with Crippen molar-refractivity contribution in [2.24, 2.45) is 0 Å². The number of benzene rings is 2. The van der Waals surface area contributed by atoms with Gasteiger partial charge in [0.05, 0.1) is 28.9 Å². The number of aromatic amines is 1. The number of halogens is 2. The zero-order chi connectivity index (χ0) is 23.0. The summed E-state index contributed by atoms with van der Waals surface area (Å²) in [5, 5.41) is 5.71. The summed E-state index contributed by atoms with van der Waals surface area (Å²) in [5.41, 5.74) is 1.63. The number of ether oxygens (including phenoxy) is 1. The molecule has 164 valence electrons. The molecule has 0 fully saturated rings. The van der Waals surface area contributed by atoms with Crippen LogP contribution in [-0.2, 0) is 4.79 Å². The molecule has 0 saturated carbocycles. The highest BCUT2D eigenvalue weighted by atomic mass is 35.5. The van der Waals surface area contributed by atoms with Crippen LogP contribution in [0.2, 0.25) is 10.0 Å². The average molecular weight is 490 g/mol. The van der Waals surface area contributed by atoms with Gasteiger partial charge in [0.15, 0.2) is 0 Å².